The van der Waals surface area contributed by atoms with Crippen LogP contribution in [0.3, 0.4) is 0 Å². The third-order valence-corrected chi connectivity index (χ3v) is 5.81. The van der Waals surface area contributed by atoms with Gasteiger partial charge in [-0.25, -0.2) is 0 Å². The average molecular weight is 296 g/mol. The van der Waals surface area contributed by atoms with Crippen LogP contribution in [0.25, 0.3) is 21.7 Å². The smallest absolute Gasteiger partial charge is 0.135 e. The van der Waals surface area contributed by atoms with E-state index in [2.05, 4.69) is 60.7 Å². The second-order valence-corrected chi connectivity index (χ2v) is 6.92. The summed E-state index contributed by atoms with van der Waals surface area (Å²) in [6, 6.07) is 22.0. The van der Waals surface area contributed by atoms with Gasteiger partial charge in [-0.1, -0.05) is 54.6 Å². The molecule has 2 aliphatic rings. The lowest BCUT2D eigenvalue weighted by atomic mass is 9.83. The highest BCUT2D eigenvalue weighted by Gasteiger charge is 2.40. The first-order valence-corrected chi connectivity index (χ1v) is 8.42. The fourth-order valence-electron chi connectivity index (χ4n) is 4.89. The van der Waals surface area contributed by atoms with E-state index >= 15 is 0 Å². The van der Waals surface area contributed by atoms with Gasteiger partial charge in [0.25, 0.3) is 0 Å². The van der Waals surface area contributed by atoms with Crippen LogP contribution in [-0.4, -0.2) is 0 Å². The van der Waals surface area contributed by atoms with Gasteiger partial charge < -0.3 is 4.42 Å². The minimum atomic E-state index is 0.506. The number of benzene rings is 3. The zero-order valence-electron chi connectivity index (χ0n) is 12.8. The van der Waals surface area contributed by atoms with Crippen LogP contribution in [-0.2, 0) is 6.42 Å². The van der Waals surface area contributed by atoms with Gasteiger partial charge in [-0.15, -0.1) is 0 Å². The van der Waals surface area contributed by atoms with E-state index in [0.717, 1.165) is 12.0 Å². The molecule has 3 aromatic carbocycles. The van der Waals surface area contributed by atoms with Crippen molar-refractivity contribution >= 4 is 21.7 Å². The molecule has 0 saturated carbocycles. The van der Waals surface area contributed by atoms with Crippen molar-refractivity contribution in [2.24, 2.45) is 0 Å². The Labute approximate surface area is 134 Å². The van der Waals surface area contributed by atoms with Gasteiger partial charge >= 0.3 is 0 Å². The first-order chi connectivity index (χ1) is 11.4. The first-order valence-electron chi connectivity index (χ1n) is 8.42. The molecule has 0 radical (unpaired) electrons. The topological polar surface area (TPSA) is 13.1 Å². The van der Waals surface area contributed by atoms with Crippen LogP contribution in [0.4, 0.5) is 0 Å². The highest BCUT2D eigenvalue weighted by atomic mass is 16.3. The minimum Gasteiger partial charge on any atom is -0.461 e. The molecule has 0 saturated heterocycles. The molecule has 1 heterocycles. The minimum absolute atomic E-state index is 0.506. The Morgan fingerprint density at radius 1 is 0.826 bits per heavy atom. The molecule has 0 aliphatic heterocycles. The van der Waals surface area contributed by atoms with Crippen LogP contribution in [0.15, 0.2) is 65.1 Å². The van der Waals surface area contributed by atoms with Crippen molar-refractivity contribution in [1.29, 1.82) is 0 Å². The van der Waals surface area contributed by atoms with Gasteiger partial charge in [0.05, 0.1) is 0 Å². The first kappa shape index (κ1) is 12.0. The zero-order chi connectivity index (χ0) is 15.0. The Hall–Kier alpha value is -2.54. The molecule has 0 fully saturated rings. The standard InChI is InChI=1S/C22H16O/c1-2-7-16-13(5-1)9-10-19-21(16)22-18-11-14(12-20(22)23-19)15-6-3-4-8-17(15)18/h1-10,14,18H,11-12H2. The van der Waals surface area contributed by atoms with Crippen molar-refractivity contribution in [1.82, 2.24) is 0 Å². The number of hydrogen-bond donors (Lipinski definition) is 0. The Balaban J connectivity index is 1.75. The second kappa shape index (κ2) is 4.05. The maximum absolute atomic E-state index is 6.31. The van der Waals surface area contributed by atoms with E-state index < -0.39 is 0 Å². The van der Waals surface area contributed by atoms with Crippen molar-refractivity contribution in [3.63, 3.8) is 0 Å². The van der Waals surface area contributed by atoms with E-state index in [1.54, 1.807) is 0 Å². The molecule has 0 N–H and O–H groups in total. The fourth-order valence-corrected chi connectivity index (χ4v) is 4.89. The average Bonchev–Trinajstić information content (AvgIpc) is 3.13. The summed E-state index contributed by atoms with van der Waals surface area (Å²) in [5.74, 6) is 2.36. The van der Waals surface area contributed by atoms with Crippen LogP contribution >= 0.6 is 0 Å². The predicted molar refractivity (Wildman–Crippen MR) is 93.1 cm³/mol. The Bertz CT molecular complexity index is 1090. The van der Waals surface area contributed by atoms with E-state index in [4.69, 9.17) is 4.42 Å². The molecule has 1 heteroatoms. The Morgan fingerprint density at radius 2 is 1.65 bits per heavy atom. The summed E-state index contributed by atoms with van der Waals surface area (Å²) in [6.45, 7) is 0. The highest BCUT2D eigenvalue weighted by molar-refractivity contribution is 6.08. The number of hydrogen-bond acceptors (Lipinski definition) is 1. The van der Waals surface area contributed by atoms with Crippen LogP contribution < -0.4 is 0 Å². The van der Waals surface area contributed by atoms with E-state index in [0.29, 0.717) is 11.8 Å². The van der Waals surface area contributed by atoms with Crippen molar-refractivity contribution in [2.45, 2.75) is 24.7 Å². The summed E-state index contributed by atoms with van der Waals surface area (Å²) in [7, 11) is 0. The lowest BCUT2D eigenvalue weighted by molar-refractivity contribution is 0.475. The SMILES string of the molecule is c1ccc2c(c1)C1Cc3oc4ccc5ccccc5c4c3C2C1. The molecule has 1 aromatic heterocycles. The summed E-state index contributed by atoms with van der Waals surface area (Å²) in [5.41, 5.74) is 5.57. The van der Waals surface area contributed by atoms with Crippen molar-refractivity contribution < 1.29 is 4.42 Å². The number of rotatable bonds is 0. The van der Waals surface area contributed by atoms with Gasteiger partial charge in [0.1, 0.15) is 11.3 Å². The van der Waals surface area contributed by atoms with Gasteiger partial charge in [0.15, 0.2) is 0 Å². The summed E-state index contributed by atoms with van der Waals surface area (Å²) in [5, 5.41) is 3.98. The van der Waals surface area contributed by atoms with Crippen LogP contribution in [0.5, 0.6) is 0 Å². The van der Waals surface area contributed by atoms with Gasteiger partial charge in [-0.2, -0.15) is 0 Å². The Morgan fingerprint density at radius 3 is 2.61 bits per heavy atom. The van der Waals surface area contributed by atoms with Crippen molar-refractivity contribution in [3.8, 4) is 0 Å². The molecule has 4 aromatic rings. The molecular formula is C22H16O. The Kier molecular flexibility index (Phi) is 2.11. The van der Waals surface area contributed by atoms with Crippen molar-refractivity contribution in [3.05, 3.63) is 83.1 Å². The van der Waals surface area contributed by atoms with E-state index in [-0.39, 0.29) is 0 Å². The molecule has 2 atom stereocenters. The van der Waals surface area contributed by atoms with E-state index in [9.17, 15) is 0 Å². The van der Waals surface area contributed by atoms with Gasteiger partial charge in [-0.05, 0) is 40.3 Å². The fraction of sp³-hybridized carbons (Fsp3) is 0.182. The lowest BCUT2D eigenvalue weighted by Gasteiger charge is -2.19. The molecule has 23 heavy (non-hydrogen) atoms. The molecule has 110 valence electrons. The molecule has 6 rings (SSSR count). The molecule has 2 unspecified atom stereocenters. The van der Waals surface area contributed by atoms with Crippen LogP contribution in [0.1, 0.15) is 40.7 Å². The van der Waals surface area contributed by atoms with Crippen LogP contribution in [0, 0.1) is 0 Å². The molecule has 2 aliphatic carbocycles. The summed E-state index contributed by atoms with van der Waals surface area (Å²) in [4.78, 5) is 0. The maximum Gasteiger partial charge on any atom is 0.135 e. The third kappa shape index (κ3) is 1.43. The van der Waals surface area contributed by atoms with E-state index in [1.807, 2.05) is 0 Å². The van der Waals surface area contributed by atoms with E-state index in [1.165, 1.54) is 45.0 Å². The lowest BCUT2D eigenvalue weighted by Crippen LogP contribution is -2.07. The normalized spacial score (nSPS) is 21.6. The third-order valence-electron chi connectivity index (χ3n) is 5.81. The van der Waals surface area contributed by atoms with Crippen molar-refractivity contribution in [2.75, 3.05) is 0 Å². The number of furan rings is 1. The molecular weight excluding hydrogens is 280 g/mol. The highest BCUT2D eigenvalue weighted by Crippen LogP contribution is 2.54. The quantitative estimate of drug-likeness (QED) is 0.402. The monoisotopic (exact) mass is 296 g/mol. The summed E-state index contributed by atoms with van der Waals surface area (Å²) >= 11 is 0. The largest absolute Gasteiger partial charge is 0.461 e. The molecule has 1 nitrogen and oxygen atoms in total. The molecule has 2 bridgehead atoms. The van der Waals surface area contributed by atoms with Gasteiger partial charge in [-0.3, -0.25) is 0 Å². The second-order valence-electron chi connectivity index (χ2n) is 6.92. The summed E-state index contributed by atoms with van der Waals surface area (Å²) in [6.07, 6.45) is 2.29. The predicted octanol–water partition coefficient (Wildman–Crippen LogP) is 5.76. The molecule has 0 spiro atoms. The van der Waals surface area contributed by atoms with Gasteiger partial charge in [0, 0.05) is 23.3 Å². The van der Waals surface area contributed by atoms with Crippen LogP contribution in [0.2, 0.25) is 0 Å². The van der Waals surface area contributed by atoms with Gasteiger partial charge in [0.2, 0.25) is 0 Å². The molecule has 0 amide bonds. The number of fused-ring (bicyclic) bond motifs is 11. The zero-order valence-corrected chi connectivity index (χ0v) is 12.8. The maximum atomic E-state index is 6.31. The summed E-state index contributed by atoms with van der Waals surface area (Å²) < 4.78 is 6.31.